The third-order valence-corrected chi connectivity index (χ3v) is 3.68. The van der Waals surface area contributed by atoms with Crippen LogP contribution >= 0.6 is 15.9 Å². The van der Waals surface area contributed by atoms with Crippen LogP contribution in [-0.4, -0.2) is 15.2 Å². The van der Waals surface area contributed by atoms with Gasteiger partial charge in [-0.3, -0.25) is 0 Å². The predicted molar refractivity (Wildman–Crippen MR) is 91.6 cm³/mol. The summed E-state index contributed by atoms with van der Waals surface area (Å²) in [7, 11) is 0. The van der Waals surface area contributed by atoms with Crippen LogP contribution < -0.4 is 10.6 Å². The number of benzene rings is 2. The molecule has 122 valence electrons. The molecule has 0 saturated heterocycles. The summed E-state index contributed by atoms with van der Waals surface area (Å²) in [5.74, 6) is -0.848. The fourth-order valence-electron chi connectivity index (χ4n) is 2.03. The van der Waals surface area contributed by atoms with Gasteiger partial charge in [-0.15, -0.1) is 5.10 Å². The fraction of sp³-hybridized carbons (Fsp3) is 0.0625. The Morgan fingerprint density at radius 2 is 1.79 bits per heavy atom. The van der Waals surface area contributed by atoms with E-state index in [-0.39, 0.29) is 11.6 Å². The Kier molecular flexibility index (Phi) is 4.66. The summed E-state index contributed by atoms with van der Waals surface area (Å²) in [6.07, 6.45) is 1.45. The number of rotatable bonds is 4. The van der Waals surface area contributed by atoms with Crippen molar-refractivity contribution < 1.29 is 8.78 Å². The molecule has 0 saturated carbocycles. The van der Waals surface area contributed by atoms with Crippen molar-refractivity contribution >= 4 is 39.1 Å². The van der Waals surface area contributed by atoms with Crippen molar-refractivity contribution in [1.29, 1.82) is 0 Å². The number of hydrogen-bond donors (Lipinski definition) is 2. The lowest BCUT2D eigenvalue weighted by molar-refractivity contribution is 0.586. The monoisotopic (exact) mass is 391 g/mol. The number of nitrogens with one attached hydrogen (secondary N) is 2. The van der Waals surface area contributed by atoms with Gasteiger partial charge in [0.25, 0.3) is 0 Å². The van der Waals surface area contributed by atoms with Crippen LogP contribution in [0.1, 0.15) is 5.56 Å². The summed E-state index contributed by atoms with van der Waals surface area (Å²) in [6, 6.07) is 8.96. The largest absolute Gasteiger partial charge is 0.339 e. The molecule has 2 aromatic carbocycles. The number of aromatic nitrogens is 3. The lowest BCUT2D eigenvalue weighted by Crippen LogP contribution is -2.04. The molecule has 2 N–H and O–H groups in total. The van der Waals surface area contributed by atoms with Crippen LogP contribution in [-0.2, 0) is 0 Å². The average Bonchev–Trinajstić information content (AvgIpc) is 2.53. The van der Waals surface area contributed by atoms with E-state index in [2.05, 4.69) is 41.7 Å². The second-order valence-electron chi connectivity index (χ2n) is 5.00. The van der Waals surface area contributed by atoms with Crippen LogP contribution in [0.5, 0.6) is 0 Å². The minimum Gasteiger partial charge on any atom is -0.339 e. The summed E-state index contributed by atoms with van der Waals surface area (Å²) in [5.41, 5.74) is 1.94. The first-order chi connectivity index (χ1) is 11.5. The van der Waals surface area contributed by atoms with E-state index in [0.29, 0.717) is 5.82 Å². The molecular weight excluding hydrogens is 380 g/mol. The van der Waals surface area contributed by atoms with Gasteiger partial charge in [0, 0.05) is 16.2 Å². The van der Waals surface area contributed by atoms with E-state index in [4.69, 9.17) is 0 Å². The molecule has 0 fully saturated rings. The molecule has 0 aliphatic carbocycles. The topological polar surface area (TPSA) is 62.7 Å². The van der Waals surface area contributed by atoms with Crippen molar-refractivity contribution in [3.8, 4) is 0 Å². The molecule has 0 bridgehead atoms. The van der Waals surface area contributed by atoms with E-state index in [0.717, 1.165) is 27.9 Å². The van der Waals surface area contributed by atoms with Crippen LogP contribution in [0.4, 0.5) is 31.9 Å². The van der Waals surface area contributed by atoms with E-state index in [1.165, 1.54) is 12.3 Å². The predicted octanol–water partition coefficient (Wildman–Crippen LogP) is 4.71. The van der Waals surface area contributed by atoms with Gasteiger partial charge in [0.1, 0.15) is 11.6 Å². The smallest absolute Gasteiger partial charge is 0.249 e. The summed E-state index contributed by atoms with van der Waals surface area (Å²) in [4.78, 5) is 4.22. The van der Waals surface area contributed by atoms with E-state index in [1.54, 1.807) is 0 Å². The summed E-state index contributed by atoms with van der Waals surface area (Å²) >= 11 is 3.40. The zero-order valence-corrected chi connectivity index (χ0v) is 14.1. The molecule has 0 amide bonds. The van der Waals surface area contributed by atoms with Gasteiger partial charge in [0.2, 0.25) is 5.95 Å². The fourth-order valence-corrected chi connectivity index (χ4v) is 2.51. The highest BCUT2D eigenvalue weighted by molar-refractivity contribution is 9.10. The quantitative estimate of drug-likeness (QED) is 0.674. The van der Waals surface area contributed by atoms with Gasteiger partial charge in [-0.05, 0) is 42.8 Å². The van der Waals surface area contributed by atoms with Crippen LogP contribution in [0.2, 0.25) is 0 Å². The molecule has 0 radical (unpaired) electrons. The molecule has 5 nitrogen and oxygen atoms in total. The Hall–Kier alpha value is -2.61. The lowest BCUT2D eigenvalue weighted by Gasteiger charge is -2.10. The third-order valence-electron chi connectivity index (χ3n) is 3.19. The summed E-state index contributed by atoms with van der Waals surface area (Å²) < 4.78 is 27.6. The van der Waals surface area contributed by atoms with Crippen molar-refractivity contribution in [3.05, 3.63) is 64.3 Å². The minimum atomic E-state index is -0.735. The Bertz CT molecular complexity index is 819. The van der Waals surface area contributed by atoms with Crippen molar-refractivity contribution in [3.63, 3.8) is 0 Å². The summed E-state index contributed by atoms with van der Waals surface area (Å²) in [6.45, 7) is 1.95. The first-order valence-electron chi connectivity index (χ1n) is 6.96. The number of nitrogens with zero attached hydrogens (tertiary/aromatic N) is 3. The van der Waals surface area contributed by atoms with Gasteiger partial charge in [0.15, 0.2) is 5.82 Å². The molecule has 1 aromatic heterocycles. The average molecular weight is 392 g/mol. The molecule has 3 aromatic rings. The van der Waals surface area contributed by atoms with Gasteiger partial charge in [-0.25, -0.2) is 8.78 Å². The standard InChI is InChI=1S/C16H12BrF2N5/c1-9-6-10(17)2-4-13(9)21-15-8-20-24-16(23-15)22-14-5-3-11(18)7-12(14)19/h2-8H,1H3,(H2,21,22,23,24). The highest BCUT2D eigenvalue weighted by Gasteiger charge is 2.08. The van der Waals surface area contributed by atoms with Gasteiger partial charge in [-0.1, -0.05) is 15.9 Å². The van der Waals surface area contributed by atoms with Gasteiger partial charge < -0.3 is 10.6 Å². The molecule has 0 atom stereocenters. The van der Waals surface area contributed by atoms with Crippen LogP contribution in [0.3, 0.4) is 0 Å². The maximum Gasteiger partial charge on any atom is 0.249 e. The first kappa shape index (κ1) is 16.3. The van der Waals surface area contributed by atoms with E-state index >= 15 is 0 Å². The molecule has 0 unspecified atom stereocenters. The second-order valence-corrected chi connectivity index (χ2v) is 5.91. The number of aryl methyl sites for hydroxylation is 1. The van der Waals surface area contributed by atoms with E-state index < -0.39 is 11.6 Å². The molecule has 24 heavy (non-hydrogen) atoms. The Morgan fingerprint density at radius 3 is 2.54 bits per heavy atom. The van der Waals surface area contributed by atoms with Crippen LogP contribution in [0, 0.1) is 18.6 Å². The highest BCUT2D eigenvalue weighted by atomic mass is 79.9. The molecule has 0 aliphatic heterocycles. The summed E-state index contributed by atoms with van der Waals surface area (Å²) in [5, 5.41) is 13.4. The van der Waals surface area contributed by atoms with Crippen molar-refractivity contribution in [1.82, 2.24) is 15.2 Å². The zero-order valence-electron chi connectivity index (χ0n) is 12.5. The Morgan fingerprint density at radius 1 is 1.00 bits per heavy atom. The molecule has 0 aliphatic rings. The normalized spacial score (nSPS) is 10.5. The number of anilines is 4. The lowest BCUT2D eigenvalue weighted by atomic mass is 10.2. The Balaban J connectivity index is 1.81. The van der Waals surface area contributed by atoms with Crippen molar-refractivity contribution in [2.75, 3.05) is 10.6 Å². The van der Waals surface area contributed by atoms with E-state index in [9.17, 15) is 8.78 Å². The molecule has 0 spiro atoms. The second kappa shape index (κ2) is 6.88. The van der Waals surface area contributed by atoms with Gasteiger partial charge in [-0.2, -0.15) is 10.1 Å². The van der Waals surface area contributed by atoms with Crippen molar-refractivity contribution in [2.24, 2.45) is 0 Å². The minimum absolute atomic E-state index is 0.0650. The highest BCUT2D eigenvalue weighted by Crippen LogP contribution is 2.23. The number of hydrogen-bond acceptors (Lipinski definition) is 5. The molecule has 8 heteroatoms. The molecule has 3 rings (SSSR count). The van der Waals surface area contributed by atoms with E-state index in [1.807, 2.05) is 25.1 Å². The SMILES string of the molecule is Cc1cc(Br)ccc1Nc1cnnc(Nc2ccc(F)cc2F)n1. The third kappa shape index (κ3) is 3.83. The maximum absolute atomic E-state index is 13.7. The number of halogens is 3. The molecule has 1 heterocycles. The van der Waals surface area contributed by atoms with Crippen molar-refractivity contribution in [2.45, 2.75) is 6.92 Å². The molecular formula is C16H12BrF2N5. The van der Waals surface area contributed by atoms with Crippen LogP contribution in [0.25, 0.3) is 0 Å². The Labute approximate surface area is 145 Å². The van der Waals surface area contributed by atoms with Gasteiger partial charge >= 0.3 is 0 Å². The first-order valence-corrected chi connectivity index (χ1v) is 7.75. The zero-order chi connectivity index (χ0) is 17.1. The van der Waals surface area contributed by atoms with Gasteiger partial charge in [0.05, 0.1) is 11.9 Å². The van der Waals surface area contributed by atoms with Crippen LogP contribution in [0.15, 0.2) is 47.1 Å². The maximum atomic E-state index is 13.7.